The van der Waals surface area contributed by atoms with Crippen molar-refractivity contribution in [2.24, 2.45) is 0 Å². The molecule has 3 aromatic rings. The summed E-state index contributed by atoms with van der Waals surface area (Å²) >= 11 is 0. The fourth-order valence-electron chi connectivity index (χ4n) is 3.66. The first-order chi connectivity index (χ1) is 12.2. The second kappa shape index (κ2) is 6.69. The van der Waals surface area contributed by atoms with E-state index in [4.69, 9.17) is 0 Å². The average molecular weight is 334 g/mol. The molecule has 2 aromatic heterocycles. The molecule has 25 heavy (non-hydrogen) atoms. The van der Waals surface area contributed by atoms with Gasteiger partial charge < -0.3 is 15.6 Å². The van der Waals surface area contributed by atoms with E-state index in [1.165, 1.54) is 23.1 Å². The van der Waals surface area contributed by atoms with Crippen molar-refractivity contribution in [2.75, 3.05) is 11.9 Å². The van der Waals surface area contributed by atoms with Gasteiger partial charge in [-0.05, 0) is 61.7 Å². The summed E-state index contributed by atoms with van der Waals surface area (Å²) in [5, 5.41) is 7.76. The van der Waals surface area contributed by atoms with E-state index in [1.54, 1.807) is 24.5 Å². The largest absolute Gasteiger partial charge is 0.358 e. The number of hydrogen-bond donors (Lipinski definition) is 3. The van der Waals surface area contributed by atoms with Crippen LogP contribution < -0.4 is 10.6 Å². The number of aryl methyl sites for hydroxylation is 1. The second-order valence-corrected chi connectivity index (χ2v) is 6.53. The Kier molecular flexibility index (Phi) is 4.24. The van der Waals surface area contributed by atoms with Gasteiger partial charge in [-0.2, -0.15) is 0 Å². The molecule has 1 aromatic carbocycles. The van der Waals surface area contributed by atoms with Crippen LogP contribution in [0.3, 0.4) is 0 Å². The Morgan fingerprint density at radius 1 is 1.28 bits per heavy atom. The predicted octanol–water partition coefficient (Wildman–Crippen LogP) is 3.28. The number of aromatic nitrogens is 2. The number of aromatic amines is 1. The number of hydrogen-bond acceptors (Lipinski definition) is 3. The number of benzene rings is 1. The van der Waals surface area contributed by atoms with E-state index in [0.717, 1.165) is 30.6 Å². The molecule has 0 spiro atoms. The highest BCUT2D eigenvalue weighted by atomic mass is 16.1. The number of nitrogens with one attached hydrogen (secondary N) is 3. The fraction of sp³-hybridized carbons (Fsp3) is 0.300. The highest BCUT2D eigenvalue weighted by Crippen LogP contribution is 2.31. The molecule has 0 saturated heterocycles. The molecule has 5 heteroatoms. The first-order valence-corrected chi connectivity index (χ1v) is 8.83. The van der Waals surface area contributed by atoms with E-state index in [9.17, 15) is 4.79 Å². The number of H-pyrrole nitrogens is 1. The number of pyridine rings is 1. The van der Waals surface area contributed by atoms with E-state index in [0.29, 0.717) is 11.6 Å². The summed E-state index contributed by atoms with van der Waals surface area (Å²) in [7, 11) is 0. The number of fused-ring (bicyclic) bond motifs is 3. The minimum absolute atomic E-state index is 0.114. The number of carbonyl (C=O) groups excluding carboxylic acids is 1. The van der Waals surface area contributed by atoms with Crippen LogP contribution in [0.5, 0.6) is 0 Å². The third kappa shape index (κ3) is 3.15. The van der Waals surface area contributed by atoms with Gasteiger partial charge in [-0.15, -0.1) is 0 Å². The van der Waals surface area contributed by atoms with Gasteiger partial charge in [-0.3, -0.25) is 9.78 Å². The highest BCUT2D eigenvalue weighted by Gasteiger charge is 2.22. The van der Waals surface area contributed by atoms with Crippen molar-refractivity contribution in [2.45, 2.75) is 32.2 Å². The lowest BCUT2D eigenvalue weighted by Gasteiger charge is -2.23. The van der Waals surface area contributed by atoms with Gasteiger partial charge in [0.1, 0.15) is 0 Å². The minimum Gasteiger partial charge on any atom is -0.358 e. The Balaban J connectivity index is 1.62. The van der Waals surface area contributed by atoms with Gasteiger partial charge in [0, 0.05) is 46.3 Å². The minimum atomic E-state index is -0.114. The lowest BCUT2D eigenvalue weighted by molar-refractivity contribution is 0.102. The standard InChI is InChI=1S/C20H22N4O/c1-2-22-14-3-5-18-16(11-14)17-12-15(4-6-19(17)24-18)23-20(25)13-7-9-21-10-8-13/h4,6-10,12,14,22,24H,2-3,5,11H2,1H3,(H,23,25). The summed E-state index contributed by atoms with van der Waals surface area (Å²) in [6.45, 7) is 3.15. The van der Waals surface area contributed by atoms with Gasteiger partial charge >= 0.3 is 0 Å². The van der Waals surface area contributed by atoms with Crippen LogP contribution in [-0.4, -0.2) is 28.5 Å². The van der Waals surface area contributed by atoms with Crippen LogP contribution in [-0.2, 0) is 12.8 Å². The summed E-state index contributed by atoms with van der Waals surface area (Å²) < 4.78 is 0. The Hall–Kier alpha value is -2.66. The number of likely N-dealkylation sites (N-methyl/N-ethyl adjacent to an activating group) is 1. The third-order valence-corrected chi connectivity index (χ3v) is 4.88. The molecule has 0 saturated carbocycles. The molecule has 0 fully saturated rings. The molecule has 1 unspecified atom stereocenters. The smallest absolute Gasteiger partial charge is 0.255 e. The second-order valence-electron chi connectivity index (χ2n) is 6.53. The summed E-state index contributed by atoms with van der Waals surface area (Å²) in [5.41, 5.74) is 5.29. The van der Waals surface area contributed by atoms with Crippen molar-refractivity contribution in [1.82, 2.24) is 15.3 Å². The van der Waals surface area contributed by atoms with Crippen LogP contribution >= 0.6 is 0 Å². The van der Waals surface area contributed by atoms with Crippen LogP contribution in [0.4, 0.5) is 5.69 Å². The van der Waals surface area contributed by atoms with Crippen molar-refractivity contribution >= 4 is 22.5 Å². The van der Waals surface area contributed by atoms with E-state index in [1.807, 2.05) is 6.07 Å². The molecule has 0 aliphatic heterocycles. The van der Waals surface area contributed by atoms with E-state index in [-0.39, 0.29) is 5.91 Å². The van der Waals surface area contributed by atoms with Crippen molar-refractivity contribution in [3.05, 3.63) is 59.5 Å². The zero-order valence-corrected chi connectivity index (χ0v) is 14.3. The zero-order valence-electron chi connectivity index (χ0n) is 14.3. The summed E-state index contributed by atoms with van der Waals surface area (Å²) in [6.07, 6.45) is 6.52. The average Bonchev–Trinajstić information content (AvgIpc) is 3.00. The molecule has 4 rings (SSSR count). The number of rotatable bonds is 4. The van der Waals surface area contributed by atoms with E-state index >= 15 is 0 Å². The molecule has 0 bridgehead atoms. The summed E-state index contributed by atoms with van der Waals surface area (Å²) in [6, 6.07) is 10.0. The Morgan fingerprint density at radius 3 is 2.92 bits per heavy atom. The number of nitrogens with zero attached hydrogens (tertiary/aromatic N) is 1. The molecule has 3 N–H and O–H groups in total. The third-order valence-electron chi connectivity index (χ3n) is 4.88. The highest BCUT2D eigenvalue weighted by molar-refractivity contribution is 6.05. The zero-order chi connectivity index (χ0) is 17.2. The molecular weight excluding hydrogens is 312 g/mol. The maximum absolute atomic E-state index is 12.4. The van der Waals surface area contributed by atoms with Crippen LogP contribution in [0.15, 0.2) is 42.7 Å². The molecule has 1 atom stereocenters. The van der Waals surface area contributed by atoms with Crippen LogP contribution in [0, 0.1) is 0 Å². The number of amides is 1. The van der Waals surface area contributed by atoms with Gasteiger partial charge in [0.05, 0.1) is 0 Å². The number of carbonyl (C=O) groups is 1. The molecule has 128 valence electrons. The van der Waals surface area contributed by atoms with Crippen molar-refractivity contribution in [3.63, 3.8) is 0 Å². The van der Waals surface area contributed by atoms with Gasteiger partial charge in [0.2, 0.25) is 0 Å². The van der Waals surface area contributed by atoms with Gasteiger partial charge in [0.25, 0.3) is 5.91 Å². The lowest BCUT2D eigenvalue weighted by atomic mass is 9.91. The van der Waals surface area contributed by atoms with Crippen molar-refractivity contribution in [3.8, 4) is 0 Å². The monoisotopic (exact) mass is 334 g/mol. The summed E-state index contributed by atoms with van der Waals surface area (Å²) in [5.74, 6) is -0.114. The maximum Gasteiger partial charge on any atom is 0.255 e. The molecule has 2 heterocycles. The molecule has 1 amide bonds. The molecule has 0 radical (unpaired) electrons. The Bertz CT molecular complexity index is 901. The summed E-state index contributed by atoms with van der Waals surface area (Å²) in [4.78, 5) is 19.8. The first kappa shape index (κ1) is 15.8. The molecule has 5 nitrogen and oxygen atoms in total. The quantitative estimate of drug-likeness (QED) is 0.686. The van der Waals surface area contributed by atoms with Gasteiger partial charge in [-0.1, -0.05) is 6.92 Å². The molecule has 1 aliphatic rings. The van der Waals surface area contributed by atoms with Crippen LogP contribution in [0.2, 0.25) is 0 Å². The molecular formula is C20H22N4O. The normalized spacial score (nSPS) is 16.6. The van der Waals surface area contributed by atoms with E-state index in [2.05, 4.69) is 39.7 Å². The maximum atomic E-state index is 12.4. The topological polar surface area (TPSA) is 69.8 Å². The molecule has 1 aliphatic carbocycles. The van der Waals surface area contributed by atoms with Crippen LogP contribution in [0.1, 0.15) is 35.0 Å². The van der Waals surface area contributed by atoms with E-state index < -0.39 is 0 Å². The predicted molar refractivity (Wildman–Crippen MR) is 100.0 cm³/mol. The Labute approximate surface area is 146 Å². The van der Waals surface area contributed by atoms with Gasteiger partial charge in [0.15, 0.2) is 0 Å². The van der Waals surface area contributed by atoms with Gasteiger partial charge in [-0.25, -0.2) is 0 Å². The Morgan fingerprint density at radius 2 is 2.12 bits per heavy atom. The van der Waals surface area contributed by atoms with Crippen molar-refractivity contribution in [1.29, 1.82) is 0 Å². The fourth-order valence-corrected chi connectivity index (χ4v) is 3.66. The first-order valence-electron chi connectivity index (χ1n) is 8.83. The van der Waals surface area contributed by atoms with Crippen LogP contribution in [0.25, 0.3) is 10.9 Å². The number of anilines is 1. The SMILES string of the molecule is CCNC1CCc2[nH]c3ccc(NC(=O)c4ccncc4)cc3c2C1. The van der Waals surface area contributed by atoms with Crippen molar-refractivity contribution < 1.29 is 4.79 Å². The lowest BCUT2D eigenvalue weighted by Crippen LogP contribution is -2.34.